The minimum absolute atomic E-state index is 0.126. The molecule has 14 heavy (non-hydrogen) atoms. The molecule has 0 aromatic carbocycles. The number of hydrogen-bond donors (Lipinski definition) is 1. The van der Waals surface area contributed by atoms with E-state index >= 15 is 0 Å². The lowest BCUT2D eigenvalue weighted by atomic mass is 9.93. The first-order valence-electron chi connectivity index (χ1n) is 5.41. The van der Waals surface area contributed by atoms with Crippen LogP contribution in [0.5, 0.6) is 0 Å². The first kappa shape index (κ1) is 11.5. The molecule has 0 saturated heterocycles. The van der Waals surface area contributed by atoms with Crippen molar-refractivity contribution >= 4 is 6.47 Å². The molecule has 0 unspecified atom stereocenters. The third kappa shape index (κ3) is 4.09. The van der Waals surface area contributed by atoms with Gasteiger partial charge in [0.2, 0.25) is 0 Å². The Bertz CT molecular complexity index is 174. The Kier molecular flexibility index (Phi) is 4.39. The highest BCUT2D eigenvalue weighted by Gasteiger charge is 2.23. The van der Waals surface area contributed by atoms with Crippen LogP contribution in [0.15, 0.2) is 0 Å². The van der Waals surface area contributed by atoms with Crippen LogP contribution in [-0.4, -0.2) is 24.7 Å². The van der Waals surface area contributed by atoms with Crippen LogP contribution in [0.25, 0.3) is 0 Å². The lowest BCUT2D eigenvalue weighted by Gasteiger charge is -2.32. The summed E-state index contributed by atoms with van der Waals surface area (Å²) < 4.78 is 4.67. The van der Waals surface area contributed by atoms with E-state index in [1.807, 2.05) is 0 Å². The molecule has 3 nitrogen and oxygen atoms in total. The van der Waals surface area contributed by atoms with Gasteiger partial charge in [0.05, 0.1) is 0 Å². The van der Waals surface area contributed by atoms with Gasteiger partial charge in [-0.3, -0.25) is 0 Å². The summed E-state index contributed by atoms with van der Waals surface area (Å²) in [6.45, 7) is 5.98. The molecule has 0 spiro atoms. The Balaban J connectivity index is 2.28. The fourth-order valence-electron chi connectivity index (χ4n) is 2.05. The number of hydrogen-bond acceptors (Lipinski definition) is 3. The predicted octanol–water partition coefficient (Wildman–Crippen LogP) is 1.77. The van der Waals surface area contributed by atoms with Crippen molar-refractivity contribution in [3.05, 3.63) is 0 Å². The lowest BCUT2D eigenvalue weighted by molar-refractivity contribution is 0.166. The Morgan fingerprint density at radius 3 is 2.57 bits per heavy atom. The van der Waals surface area contributed by atoms with Crippen LogP contribution in [0.4, 0.5) is 0 Å². The monoisotopic (exact) mass is 198 g/mol. The lowest BCUT2D eigenvalue weighted by Crippen LogP contribution is -2.49. The molecular weight excluding hydrogens is 178 g/mol. The summed E-state index contributed by atoms with van der Waals surface area (Å²) in [6, 6.07) is 0.592. The molecular formula is C11H20NO2. The SMILES string of the molecule is CC(C)(CO[C]=O)NC1CCCCC1. The normalized spacial score (nSPS) is 19.3. The molecule has 0 aromatic heterocycles. The second kappa shape index (κ2) is 5.35. The summed E-state index contributed by atoms with van der Waals surface area (Å²) in [7, 11) is 0. The molecule has 81 valence electrons. The fourth-order valence-corrected chi connectivity index (χ4v) is 2.05. The van der Waals surface area contributed by atoms with E-state index in [9.17, 15) is 4.79 Å². The van der Waals surface area contributed by atoms with Crippen LogP contribution in [0.2, 0.25) is 0 Å². The summed E-state index contributed by atoms with van der Waals surface area (Å²) in [5.74, 6) is 0. The average Bonchev–Trinajstić information content (AvgIpc) is 2.16. The van der Waals surface area contributed by atoms with E-state index in [0.717, 1.165) is 0 Å². The molecule has 0 bridgehead atoms. The summed E-state index contributed by atoms with van der Waals surface area (Å²) in [5, 5.41) is 3.53. The maximum atomic E-state index is 9.97. The summed E-state index contributed by atoms with van der Waals surface area (Å²) in [4.78, 5) is 9.97. The van der Waals surface area contributed by atoms with Crippen molar-refractivity contribution in [3.63, 3.8) is 0 Å². The topological polar surface area (TPSA) is 38.3 Å². The van der Waals surface area contributed by atoms with Crippen molar-refractivity contribution in [1.29, 1.82) is 0 Å². The molecule has 1 aliphatic carbocycles. The van der Waals surface area contributed by atoms with Crippen molar-refractivity contribution < 1.29 is 9.53 Å². The van der Waals surface area contributed by atoms with Gasteiger partial charge in [-0.1, -0.05) is 19.3 Å². The minimum Gasteiger partial charge on any atom is -0.455 e. The molecule has 1 N–H and O–H groups in total. The second-order valence-corrected chi connectivity index (χ2v) is 4.74. The fraction of sp³-hybridized carbons (Fsp3) is 0.909. The van der Waals surface area contributed by atoms with Gasteiger partial charge in [0, 0.05) is 11.6 Å². The Morgan fingerprint density at radius 2 is 2.00 bits per heavy atom. The van der Waals surface area contributed by atoms with Crippen LogP contribution < -0.4 is 5.32 Å². The predicted molar refractivity (Wildman–Crippen MR) is 55.7 cm³/mol. The number of nitrogens with one attached hydrogen (secondary N) is 1. The van der Waals surface area contributed by atoms with Gasteiger partial charge in [0.25, 0.3) is 0 Å². The minimum atomic E-state index is -0.126. The molecule has 1 rings (SSSR count). The first-order chi connectivity index (χ1) is 6.64. The van der Waals surface area contributed by atoms with Gasteiger partial charge in [0.15, 0.2) is 0 Å². The van der Waals surface area contributed by atoms with E-state index < -0.39 is 0 Å². The van der Waals surface area contributed by atoms with Crippen molar-refractivity contribution in [2.75, 3.05) is 6.61 Å². The molecule has 0 atom stereocenters. The van der Waals surface area contributed by atoms with Gasteiger partial charge < -0.3 is 10.1 Å². The third-order valence-electron chi connectivity index (χ3n) is 2.69. The highest BCUT2D eigenvalue weighted by atomic mass is 16.5. The van der Waals surface area contributed by atoms with Crippen LogP contribution in [0.3, 0.4) is 0 Å². The van der Waals surface area contributed by atoms with Crippen LogP contribution in [0.1, 0.15) is 46.0 Å². The smallest absolute Gasteiger partial charge is 0.417 e. The van der Waals surface area contributed by atoms with E-state index in [1.54, 1.807) is 0 Å². The summed E-state index contributed by atoms with van der Waals surface area (Å²) in [6.07, 6.45) is 6.47. The summed E-state index contributed by atoms with van der Waals surface area (Å²) >= 11 is 0. The molecule has 0 aliphatic heterocycles. The zero-order valence-electron chi connectivity index (χ0n) is 9.14. The van der Waals surface area contributed by atoms with Gasteiger partial charge in [-0.15, -0.1) is 0 Å². The van der Waals surface area contributed by atoms with Gasteiger partial charge in [0.1, 0.15) is 6.61 Å². The molecule has 0 aromatic rings. The van der Waals surface area contributed by atoms with Crippen molar-refractivity contribution in [2.24, 2.45) is 0 Å². The molecule has 1 saturated carbocycles. The maximum absolute atomic E-state index is 9.97. The largest absolute Gasteiger partial charge is 0.455 e. The van der Waals surface area contributed by atoms with Gasteiger partial charge in [-0.05, 0) is 26.7 Å². The van der Waals surface area contributed by atoms with Gasteiger partial charge in [-0.25, -0.2) is 4.79 Å². The number of ether oxygens (including phenoxy) is 1. The molecule has 1 fully saturated rings. The number of rotatable bonds is 5. The standard InChI is InChI=1S/C11H20NO2/c1-11(2,8-14-9-13)12-10-6-4-3-5-7-10/h10,12H,3-8H2,1-2H3. The van der Waals surface area contributed by atoms with E-state index in [-0.39, 0.29) is 5.54 Å². The quantitative estimate of drug-likeness (QED) is 0.731. The van der Waals surface area contributed by atoms with Gasteiger partial charge >= 0.3 is 6.47 Å². The highest BCUT2D eigenvalue weighted by molar-refractivity contribution is 5.38. The molecule has 1 aliphatic rings. The summed E-state index contributed by atoms with van der Waals surface area (Å²) in [5.41, 5.74) is -0.126. The molecule has 0 amide bonds. The van der Waals surface area contributed by atoms with Crippen LogP contribution >= 0.6 is 0 Å². The molecule has 0 heterocycles. The van der Waals surface area contributed by atoms with Crippen molar-refractivity contribution in [3.8, 4) is 0 Å². The Morgan fingerprint density at radius 1 is 1.36 bits per heavy atom. The van der Waals surface area contributed by atoms with E-state index in [1.165, 1.54) is 38.6 Å². The molecule has 1 radical (unpaired) electrons. The van der Waals surface area contributed by atoms with E-state index in [0.29, 0.717) is 12.6 Å². The third-order valence-corrected chi connectivity index (χ3v) is 2.69. The maximum Gasteiger partial charge on any atom is 0.417 e. The highest BCUT2D eigenvalue weighted by Crippen LogP contribution is 2.19. The number of carbonyl (C=O) groups excluding carboxylic acids is 1. The molecule has 3 heteroatoms. The first-order valence-corrected chi connectivity index (χ1v) is 5.41. The second-order valence-electron chi connectivity index (χ2n) is 4.74. The van der Waals surface area contributed by atoms with Crippen LogP contribution in [-0.2, 0) is 9.53 Å². The van der Waals surface area contributed by atoms with Gasteiger partial charge in [-0.2, -0.15) is 0 Å². The van der Waals surface area contributed by atoms with E-state index in [4.69, 9.17) is 0 Å². The Labute approximate surface area is 86.2 Å². The van der Waals surface area contributed by atoms with Crippen LogP contribution in [0, 0.1) is 0 Å². The average molecular weight is 198 g/mol. The zero-order chi connectivity index (χ0) is 10.4. The zero-order valence-corrected chi connectivity index (χ0v) is 9.14. The Hall–Kier alpha value is -0.570. The van der Waals surface area contributed by atoms with Crippen molar-refractivity contribution in [2.45, 2.75) is 57.5 Å². The van der Waals surface area contributed by atoms with E-state index in [2.05, 4.69) is 23.9 Å². The van der Waals surface area contributed by atoms with Crippen molar-refractivity contribution in [1.82, 2.24) is 5.32 Å².